The van der Waals surface area contributed by atoms with Crippen LogP contribution in [0.25, 0.3) is 0 Å². The van der Waals surface area contributed by atoms with Gasteiger partial charge in [0.1, 0.15) is 0 Å². The smallest absolute Gasteiger partial charge is 0.0762 e. The Morgan fingerprint density at radius 3 is 2.00 bits per heavy atom. The van der Waals surface area contributed by atoms with Gasteiger partial charge in [-0.2, -0.15) is 30.5 Å². The second kappa shape index (κ2) is 14.8. The van der Waals surface area contributed by atoms with E-state index in [0.29, 0.717) is 0 Å². The zero-order valence-corrected chi connectivity index (χ0v) is 11.9. The molecule has 0 aliphatic carbocycles. The molecule has 0 spiro atoms. The van der Waals surface area contributed by atoms with E-state index in [9.17, 15) is 0 Å². The molecule has 0 aromatic rings. The van der Waals surface area contributed by atoms with E-state index in [0.717, 1.165) is 0 Å². The maximum Gasteiger partial charge on any atom is 0.0762 e. The van der Waals surface area contributed by atoms with Gasteiger partial charge in [-0.15, -0.1) is 6.08 Å². The molecule has 0 heterocycles. The van der Waals surface area contributed by atoms with Crippen molar-refractivity contribution in [3.63, 3.8) is 0 Å². The molecule has 4 heteroatoms. The summed E-state index contributed by atoms with van der Waals surface area (Å²) in [6.45, 7) is 4.72. The van der Waals surface area contributed by atoms with Crippen molar-refractivity contribution in [3.05, 3.63) is 36.3 Å². The van der Waals surface area contributed by atoms with Gasteiger partial charge in [0.2, 0.25) is 0 Å². The summed E-state index contributed by atoms with van der Waals surface area (Å²) in [4.78, 5) is 0. The Morgan fingerprint density at radius 1 is 1.38 bits per heavy atom. The Hall–Kier alpha value is 0.274. The number of hydrogen-bond donors (Lipinski definition) is 2. The normalized spacial score (nSPS) is 10.7. The van der Waals surface area contributed by atoms with Crippen molar-refractivity contribution >= 4 is 11.8 Å². The van der Waals surface area contributed by atoms with Crippen LogP contribution in [0.2, 0.25) is 0 Å². The molecule has 13 heavy (non-hydrogen) atoms. The van der Waals surface area contributed by atoms with E-state index in [4.69, 9.17) is 10.2 Å². The molecule has 0 saturated heterocycles. The minimum Gasteiger partial charge on any atom is -0.561 e. The molecule has 0 atom stereocenters. The van der Waals surface area contributed by atoms with E-state index in [1.807, 2.05) is 12.5 Å². The fraction of sp³-hybridized carbons (Fsp3) is 0.333. The summed E-state index contributed by atoms with van der Waals surface area (Å²) in [5.74, 6) is -0.306. The van der Waals surface area contributed by atoms with E-state index in [1.165, 1.54) is 19.1 Å². The quantitative estimate of drug-likeness (QED) is 0.463. The zero-order chi connectivity index (χ0) is 9.98. The van der Waals surface area contributed by atoms with Crippen LogP contribution >= 0.6 is 11.8 Å². The van der Waals surface area contributed by atoms with E-state index in [-0.39, 0.29) is 44.2 Å². The molecule has 73 valence electrons. The Labute approximate surface area is 110 Å². The number of aliphatic hydroxyl groups is 2. The van der Waals surface area contributed by atoms with Gasteiger partial charge in [-0.05, 0) is 19.4 Å². The summed E-state index contributed by atoms with van der Waals surface area (Å²) in [6, 6.07) is 0. The second-order valence-electron chi connectivity index (χ2n) is 1.89. The minimum absolute atomic E-state index is 0. The van der Waals surface area contributed by atoms with Crippen molar-refractivity contribution in [3.8, 4) is 0 Å². The minimum atomic E-state index is -0.185. The van der Waals surface area contributed by atoms with Crippen LogP contribution in [0.5, 0.6) is 0 Å². The number of thioether (sulfide) groups is 1. The first kappa shape index (κ1) is 18.9. The van der Waals surface area contributed by atoms with Crippen LogP contribution in [-0.4, -0.2) is 22.7 Å². The largest absolute Gasteiger partial charge is 0.561 e. The van der Waals surface area contributed by atoms with Crippen LogP contribution in [0, 0.1) is 6.08 Å². The first-order valence-corrected chi connectivity index (χ1v) is 4.92. The third kappa shape index (κ3) is 18.9. The molecule has 0 amide bonds. The standard InChI is InChI=1S/C7H9O2.C2H6S.Y/c1-3-4-5-7(9)6(2)8;1-3-2;/h3,5,8-9H,1H2,2H3;1-2H3;/q-1;;/b7-6-;;. The summed E-state index contributed by atoms with van der Waals surface area (Å²) >= 11 is 1.75. The Balaban J connectivity index is -0.000000220. The summed E-state index contributed by atoms with van der Waals surface area (Å²) in [7, 11) is 0. The van der Waals surface area contributed by atoms with Crippen molar-refractivity contribution < 1.29 is 42.9 Å². The van der Waals surface area contributed by atoms with Gasteiger partial charge in [-0.25, -0.2) is 0 Å². The van der Waals surface area contributed by atoms with Gasteiger partial charge in [0.15, 0.2) is 0 Å². The maximum absolute atomic E-state index is 8.72. The monoisotopic (exact) mass is 276 g/mol. The van der Waals surface area contributed by atoms with E-state index < -0.39 is 0 Å². The molecule has 0 saturated carbocycles. The first-order chi connectivity index (χ1) is 5.59. The van der Waals surface area contributed by atoms with Gasteiger partial charge < -0.3 is 10.2 Å². The third-order valence-electron chi connectivity index (χ3n) is 0.709. The molecular weight excluding hydrogens is 261 g/mol. The van der Waals surface area contributed by atoms with Gasteiger partial charge in [0.05, 0.1) is 11.5 Å². The number of allylic oxidation sites excluding steroid dienone is 4. The third-order valence-corrected chi connectivity index (χ3v) is 0.709. The maximum atomic E-state index is 8.72. The summed E-state index contributed by atoms with van der Waals surface area (Å²) in [5.41, 5.74) is 0. The molecule has 0 aliphatic heterocycles. The van der Waals surface area contributed by atoms with Crippen molar-refractivity contribution in [1.82, 2.24) is 0 Å². The van der Waals surface area contributed by atoms with Crippen LogP contribution in [0.4, 0.5) is 0 Å². The van der Waals surface area contributed by atoms with E-state index in [2.05, 4.69) is 12.7 Å². The molecular formula is C9H15O2SY-. The molecule has 1 radical (unpaired) electrons. The van der Waals surface area contributed by atoms with Crippen LogP contribution < -0.4 is 0 Å². The molecule has 0 fully saturated rings. The second-order valence-corrected chi connectivity index (χ2v) is 2.71. The number of aliphatic hydroxyl groups excluding tert-OH is 2. The molecule has 0 aromatic heterocycles. The molecule has 0 rings (SSSR count). The molecule has 0 unspecified atom stereocenters. The van der Waals surface area contributed by atoms with Crippen molar-refractivity contribution in [2.45, 2.75) is 6.92 Å². The fourth-order valence-electron chi connectivity index (χ4n) is 0.242. The van der Waals surface area contributed by atoms with E-state index in [1.54, 1.807) is 11.8 Å². The Morgan fingerprint density at radius 2 is 1.77 bits per heavy atom. The average Bonchev–Trinajstić information content (AvgIpc) is 2.01. The summed E-state index contributed by atoms with van der Waals surface area (Å²) < 4.78 is 0. The molecule has 0 bridgehead atoms. The van der Waals surface area contributed by atoms with Gasteiger partial charge in [0, 0.05) is 32.7 Å². The van der Waals surface area contributed by atoms with Crippen molar-refractivity contribution in [2.75, 3.05) is 12.5 Å². The van der Waals surface area contributed by atoms with E-state index >= 15 is 0 Å². The number of rotatable bonds is 2. The van der Waals surface area contributed by atoms with Gasteiger partial charge in [-0.1, -0.05) is 0 Å². The predicted molar refractivity (Wildman–Crippen MR) is 55.4 cm³/mol. The van der Waals surface area contributed by atoms with Crippen molar-refractivity contribution in [1.29, 1.82) is 0 Å². The van der Waals surface area contributed by atoms with Crippen LogP contribution in [-0.2, 0) is 32.7 Å². The van der Waals surface area contributed by atoms with Gasteiger partial charge in [0.25, 0.3) is 0 Å². The SMILES string of the molecule is C=C[C-]=C/C(O)=C(\C)O.CSC.[Y]. The van der Waals surface area contributed by atoms with Crippen LogP contribution in [0.15, 0.2) is 30.2 Å². The van der Waals surface area contributed by atoms with Crippen molar-refractivity contribution in [2.24, 2.45) is 0 Å². The van der Waals surface area contributed by atoms with Crippen LogP contribution in [0.3, 0.4) is 0 Å². The topological polar surface area (TPSA) is 40.5 Å². The molecule has 2 N–H and O–H groups in total. The zero-order valence-electron chi connectivity index (χ0n) is 8.24. The van der Waals surface area contributed by atoms with Crippen LogP contribution in [0.1, 0.15) is 6.92 Å². The number of hydrogen-bond acceptors (Lipinski definition) is 3. The van der Waals surface area contributed by atoms with Gasteiger partial charge in [-0.3, -0.25) is 0 Å². The molecule has 0 aromatic carbocycles. The Kier molecular flexibility index (Phi) is 21.5. The first-order valence-electron chi connectivity index (χ1n) is 3.29. The average molecular weight is 276 g/mol. The Bertz CT molecular complexity index is 172. The summed E-state index contributed by atoms with van der Waals surface area (Å²) in [5, 5.41) is 17.3. The summed E-state index contributed by atoms with van der Waals surface area (Å²) in [6.07, 6.45) is 9.21. The predicted octanol–water partition coefficient (Wildman–Crippen LogP) is 2.86. The van der Waals surface area contributed by atoms with Gasteiger partial charge >= 0.3 is 0 Å². The molecule has 0 aliphatic rings. The fourth-order valence-corrected chi connectivity index (χ4v) is 0.242. The molecule has 2 nitrogen and oxygen atoms in total.